The third-order valence-corrected chi connectivity index (χ3v) is 3.84. The summed E-state index contributed by atoms with van der Waals surface area (Å²) in [6.45, 7) is 1.96. The van der Waals surface area contributed by atoms with Gasteiger partial charge in [0.25, 0.3) is 0 Å². The molecule has 7 heteroatoms. The van der Waals surface area contributed by atoms with Gasteiger partial charge >= 0.3 is 0 Å². The van der Waals surface area contributed by atoms with Crippen molar-refractivity contribution in [2.75, 3.05) is 26.2 Å². The number of hydrogen-bond donors (Lipinski definition) is 3. The molecule has 0 radical (unpaired) electrons. The van der Waals surface area contributed by atoms with Crippen LogP contribution in [0.2, 0.25) is 0 Å². The van der Waals surface area contributed by atoms with E-state index in [0.717, 1.165) is 12.8 Å². The van der Waals surface area contributed by atoms with E-state index in [1.165, 1.54) is 0 Å². The van der Waals surface area contributed by atoms with Crippen molar-refractivity contribution in [2.24, 2.45) is 11.7 Å². The van der Waals surface area contributed by atoms with Gasteiger partial charge in [-0.1, -0.05) is 0 Å². The van der Waals surface area contributed by atoms with Crippen molar-refractivity contribution in [1.29, 1.82) is 0 Å². The summed E-state index contributed by atoms with van der Waals surface area (Å²) in [4.78, 5) is 37.1. The van der Waals surface area contributed by atoms with E-state index in [4.69, 9.17) is 5.73 Å². The van der Waals surface area contributed by atoms with Gasteiger partial charge in [0.15, 0.2) is 0 Å². The number of nitrogens with one attached hydrogen (secondary N) is 2. The zero-order chi connectivity index (χ0) is 14.5. The minimum atomic E-state index is -0.409. The lowest BCUT2D eigenvalue weighted by atomic mass is 9.96. The molecule has 2 aliphatic heterocycles. The number of rotatable bonds is 4. The molecule has 0 aromatic carbocycles. The fraction of sp³-hybridized carbons (Fsp3) is 0.769. The summed E-state index contributed by atoms with van der Waals surface area (Å²) < 4.78 is 0. The van der Waals surface area contributed by atoms with E-state index >= 15 is 0 Å². The Morgan fingerprint density at radius 3 is 2.85 bits per heavy atom. The topological polar surface area (TPSA) is 105 Å². The van der Waals surface area contributed by atoms with Crippen LogP contribution in [0.1, 0.15) is 25.7 Å². The lowest BCUT2D eigenvalue weighted by molar-refractivity contribution is -0.138. The smallest absolute Gasteiger partial charge is 0.245 e. The summed E-state index contributed by atoms with van der Waals surface area (Å²) in [5.74, 6) is -0.343. The number of hydrogen-bond acceptors (Lipinski definition) is 4. The van der Waals surface area contributed by atoms with Crippen LogP contribution >= 0.6 is 0 Å². The van der Waals surface area contributed by atoms with Crippen LogP contribution in [0.5, 0.6) is 0 Å². The first-order valence-corrected chi connectivity index (χ1v) is 7.17. The SMILES string of the molecule is NCCNC(=O)C1CCCN(C(=O)[C@@H]2CCC(=O)N2)C1. The molecular weight excluding hydrogens is 260 g/mol. The fourth-order valence-corrected chi connectivity index (χ4v) is 2.75. The quantitative estimate of drug-likeness (QED) is 0.588. The van der Waals surface area contributed by atoms with E-state index in [-0.39, 0.29) is 23.6 Å². The summed E-state index contributed by atoms with van der Waals surface area (Å²) in [6, 6.07) is -0.409. The third kappa shape index (κ3) is 3.47. The number of likely N-dealkylation sites (tertiary alicyclic amines) is 1. The van der Waals surface area contributed by atoms with Crippen molar-refractivity contribution in [3.05, 3.63) is 0 Å². The highest BCUT2D eigenvalue weighted by molar-refractivity contribution is 5.91. The van der Waals surface area contributed by atoms with Crippen molar-refractivity contribution in [2.45, 2.75) is 31.7 Å². The minimum Gasteiger partial charge on any atom is -0.355 e. The molecule has 0 saturated carbocycles. The van der Waals surface area contributed by atoms with Gasteiger partial charge in [0.05, 0.1) is 5.92 Å². The summed E-state index contributed by atoms with van der Waals surface area (Å²) in [7, 11) is 0. The second kappa shape index (κ2) is 6.69. The summed E-state index contributed by atoms with van der Waals surface area (Å²) in [6.07, 6.45) is 2.56. The van der Waals surface area contributed by atoms with E-state index in [0.29, 0.717) is 39.0 Å². The van der Waals surface area contributed by atoms with E-state index in [1.807, 2.05) is 0 Å². The summed E-state index contributed by atoms with van der Waals surface area (Å²) in [5.41, 5.74) is 5.36. The molecule has 2 aliphatic rings. The third-order valence-electron chi connectivity index (χ3n) is 3.84. The van der Waals surface area contributed by atoms with E-state index in [1.54, 1.807) is 4.90 Å². The van der Waals surface area contributed by atoms with E-state index in [9.17, 15) is 14.4 Å². The molecule has 2 fully saturated rings. The maximum Gasteiger partial charge on any atom is 0.245 e. The average molecular weight is 282 g/mol. The zero-order valence-corrected chi connectivity index (χ0v) is 11.6. The standard InChI is InChI=1S/C13H22N4O3/c14-5-6-15-12(19)9-2-1-7-17(8-9)13(20)10-3-4-11(18)16-10/h9-10H,1-8,14H2,(H,15,19)(H,16,18)/t9?,10-/m0/s1. The molecule has 20 heavy (non-hydrogen) atoms. The van der Waals surface area contributed by atoms with Crippen LogP contribution in [0.25, 0.3) is 0 Å². The van der Waals surface area contributed by atoms with Gasteiger partial charge in [-0.3, -0.25) is 14.4 Å². The van der Waals surface area contributed by atoms with Crippen molar-refractivity contribution in [3.63, 3.8) is 0 Å². The second-order valence-corrected chi connectivity index (χ2v) is 5.36. The Morgan fingerprint density at radius 2 is 2.20 bits per heavy atom. The molecule has 2 heterocycles. The molecule has 112 valence electrons. The van der Waals surface area contributed by atoms with Crippen molar-refractivity contribution >= 4 is 17.7 Å². The Hall–Kier alpha value is -1.63. The Balaban J connectivity index is 1.88. The lowest BCUT2D eigenvalue weighted by Crippen LogP contribution is -2.51. The number of piperidine rings is 1. The molecule has 2 rings (SSSR count). The van der Waals surface area contributed by atoms with Gasteiger partial charge in [0.1, 0.15) is 6.04 Å². The van der Waals surface area contributed by atoms with Crippen molar-refractivity contribution in [1.82, 2.24) is 15.5 Å². The number of nitrogens with zero attached hydrogens (tertiary/aromatic N) is 1. The van der Waals surface area contributed by atoms with Crippen LogP contribution in [0.4, 0.5) is 0 Å². The first kappa shape index (κ1) is 14.8. The monoisotopic (exact) mass is 282 g/mol. The lowest BCUT2D eigenvalue weighted by Gasteiger charge is -2.33. The van der Waals surface area contributed by atoms with Crippen LogP contribution in [0.3, 0.4) is 0 Å². The Morgan fingerprint density at radius 1 is 1.40 bits per heavy atom. The normalized spacial score (nSPS) is 26.2. The van der Waals surface area contributed by atoms with Crippen LogP contribution in [0, 0.1) is 5.92 Å². The molecule has 0 aromatic rings. The van der Waals surface area contributed by atoms with Gasteiger partial charge in [-0.2, -0.15) is 0 Å². The van der Waals surface area contributed by atoms with Gasteiger partial charge in [-0.05, 0) is 19.3 Å². The van der Waals surface area contributed by atoms with Crippen LogP contribution in [-0.2, 0) is 14.4 Å². The van der Waals surface area contributed by atoms with E-state index in [2.05, 4.69) is 10.6 Å². The first-order valence-electron chi connectivity index (χ1n) is 7.17. The molecule has 1 unspecified atom stereocenters. The maximum absolute atomic E-state index is 12.3. The molecule has 2 saturated heterocycles. The molecule has 4 N–H and O–H groups in total. The summed E-state index contributed by atoms with van der Waals surface area (Å²) >= 11 is 0. The van der Waals surface area contributed by atoms with Crippen molar-refractivity contribution < 1.29 is 14.4 Å². The number of carbonyl (C=O) groups is 3. The van der Waals surface area contributed by atoms with Gasteiger partial charge < -0.3 is 21.3 Å². The van der Waals surface area contributed by atoms with Crippen LogP contribution in [0.15, 0.2) is 0 Å². The maximum atomic E-state index is 12.3. The molecule has 7 nitrogen and oxygen atoms in total. The van der Waals surface area contributed by atoms with Gasteiger partial charge in [0.2, 0.25) is 17.7 Å². The minimum absolute atomic E-state index is 0.0385. The fourth-order valence-electron chi connectivity index (χ4n) is 2.75. The molecular formula is C13H22N4O3. The molecule has 2 atom stereocenters. The Labute approximate surface area is 118 Å². The van der Waals surface area contributed by atoms with Gasteiger partial charge in [-0.15, -0.1) is 0 Å². The first-order chi connectivity index (χ1) is 9.61. The Bertz CT molecular complexity index is 399. The summed E-state index contributed by atoms with van der Waals surface area (Å²) in [5, 5.41) is 5.45. The van der Waals surface area contributed by atoms with Gasteiger partial charge in [-0.25, -0.2) is 0 Å². The highest BCUT2D eigenvalue weighted by Gasteiger charge is 2.34. The zero-order valence-electron chi connectivity index (χ0n) is 11.6. The predicted molar refractivity (Wildman–Crippen MR) is 72.5 cm³/mol. The van der Waals surface area contributed by atoms with Gasteiger partial charge in [0, 0.05) is 32.6 Å². The largest absolute Gasteiger partial charge is 0.355 e. The molecule has 0 bridgehead atoms. The highest BCUT2D eigenvalue weighted by Crippen LogP contribution is 2.19. The molecule has 3 amide bonds. The number of nitrogens with two attached hydrogens (primary N) is 1. The predicted octanol–water partition coefficient (Wildman–Crippen LogP) is -1.42. The second-order valence-electron chi connectivity index (χ2n) is 5.36. The highest BCUT2D eigenvalue weighted by atomic mass is 16.2. The molecule has 0 aliphatic carbocycles. The number of amides is 3. The van der Waals surface area contributed by atoms with Crippen LogP contribution < -0.4 is 16.4 Å². The molecule has 0 aromatic heterocycles. The average Bonchev–Trinajstić information content (AvgIpc) is 2.90. The Kier molecular flexibility index (Phi) is 4.94. The molecule has 0 spiro atoms. The van der Waals surface area contributed by atoms with Crippen molar-refractivity contribution in [3.8, 4) is 0 Å². The van der Waals surface area contributed by atoms with Crippen LogP contribution in [-0.4, -0.2) is 54.8 Å². The van der Waals surface area contributed by atoms with E-state index < -0.39 is 6.04 Å². The number of carbonyl (C=O) groups excluding carboxylic acids is 3.